The smallest absolute Gasteiger partial charge is 0.147 e. The monoisotopic (exact) mass is 221 g/mol. The van der Waals surface area contributed by atoms with Crippen LogP contribution in [0.2, 0.25) is 0 Å². The molecule has 0 saturated carbocycles. The predicted molar refractivity (Wildman–Crippen MR) is 65.6 cm³/mol. The minimum atomic E-state index is 0.790. The summed E-state index contributed by atoms with van der Waals surface area (Å²) in [5.74, 6) is 4.53. The van der Waals surface area contributed by atoms with Gasteiger partial charge in [0.25, 0.3) is 0 Å². The molecular formula is C14H9OSi. The summed E-state index contributed by atoms with van der Waals surface area (Å²) >= 11 is 0. The summed E-state index contributed by atoms with van der Waals surface area (Å²) in [4.78, 5) is 0. The van der Waals surface area contributed by atoms with Crippen molar-refractivity contribution < 1.29 is 4.74 Å². The molecule has 2 rings (SSSR count). The maximum Gasteiger partial charge on any atom is 0.147 e. The van der Waals surface area contributed by atoms with Gasteiger partial charge in [0.2, 0.25) is 0 Å². The third-order valence-electron chi connectivity index (χ3n) is 2.02. The van der Waals surface area contributed by atoms with Crippen molar-refractivity contribution >= 4 is 10.2 Å². The van der Waals surface area contributed by atoms with E-state index in [9.17, 15) is 0 Å². The SMILES string of the molecule is [Si]C#Cc1cccc(Oc2ccccc2)c1. The standard InChI is InChI=1S/C14H9OSi/c16-10-9-12-5-4-8-14(11-12)15-13-6-2-1-3-7-13/h1-8,11H. The van der Waals surface area contributed by atoms with E-state index in [1.54, 1.807) is 0 Å². The number of hydrogen-bond donors (Lipinski definition) is 0. The van der Waals surface area contributed by atoms with Crippen LogP contribution in [0.4, 0.5) is 0 Å². The van der Waals surface area contributed by atoms with E-state index in [-0.39, 0.29) is 0 Å². The fraction of sp³-hybridized carbons (Fsp3) is 0. The Kier molecular flexibility index (Phi) is 3.42. The molecule has 3 radical (unpaired) electrons. The van der Waals surface area contributed by atoms with Crippen LogP contribution in [-0.4, -0.2) is 10.2 Å². The van der Waals surface area contributed by atoms with Crippen molar-refractivity contribution in [2.24, 2.45) is 0 Å². The highest BCUT2D eigenvalue weighted by atomic mass is 28.1. The molecule has 75 valence electrons. The van der Waals surface area contributed by atoms with Crippen LogP contribution in [0.5, 0.6) is 11.5 Å². The number of ether oxygens (including phenoxy) is 1. The molecular weight excluding hydrogens is 212 g/mol. The van der Waals surface area contributed by atoms with Gasteiger partial charge in [-0.25, -0.2) is 0 Å². The minimum absolute atomic E-state index is 0.790. The van der Waals surface area contributed by atoms with E-state index in [0.29, 0.717) is 0 Å². The zero-order chi connectivity index (χ0) is 11.2. The van der Waals surface area contributed by atoms with E-state index in [2.05, 4.69) is 21.7 Å². The molecule has 0 aromatic heterocycles. The molecule has 0 spiro atoms. The zero-order valence-electron chi connectivity index (χ0n) is 8.60. The fourth-order valence-electron chi connectivity index (χ4n) is 1.33. The molecule has 0 aliphatic rings. The second-order valence-electron chi connectivity index (χ2n) is 3.19. The van der Waals surface area contributed by atoms with Crippen LogP contribution in [0.15, 0.2) is 54.6 Å². The number of para-hydroxylation sites is 1. The summed E-state index contributed by atoms with van der Waals surface area (Å²) in [5, 5.41) is 0. The molecule has 0 heterocycles. The Morgan fingerprint density at radius 3 is 2.38 bits per heavy atom. The fourth-order valence-corrected chi connectivity index (χ4v) is 1.48. The Hall–Kier alpha value is -1.98. The van der Waals surface area contributed by atoms with Crippen LogP contribution >= 0.6 is 0 Å². The van der Waals surface area contributed by atoms with Gasteiger partial charge in [-0.3, -0.25) is 0 Å². The molecule has 2 aromatic carbocycles. The van der Waals surface area contributed by atoms with E-state index < -0.39 is 0 Å². The van der Waals surface area contributed by atoms with Gasteiger partial charge in [-0.15, -0.1) is 5.54 Å². The van der Waals surface area contributed by atoms with Crippen LogP contribution in [0, 0.1) is 11.5 Å². The van der Waals surface area contributed by atoms with Gasteiger partial charge in [0, 0.05) is 5.56 Å². The van der Waals surface area contributed by atoms with E-state index in [0.717, 1.165) is 17.1 Å². The van der Waals surface area contributed by atoms with E-state index in [1.807, 2.05) is 54.6 Å². The van der Waals surface area contributed by atoms with Crippen molar-refractivity contribution in [1.82, 2.24) is 0 Å². The molecule has 0 fully saturated rings. The summed E-state index contributed by atoms with van der Waals surface area (Å²) in [5.41, 5.74) is 3.59. The first-order valence-electron chi connectivity index (χ1n) is 4.89. The molecule has 2 aromatic rings. The van der Waals surface area contributed by atoms with Crippen molar-refractivity contribution in [2.75, 3.05) is 0 Å². The molecule has 1 nitrogen and oxygen atoms in total. The number of hydrogen-bond acceptors (Lipinski definition) is 1. The topological polar surface area (TPSA) is 9.23 Å². The molecule has 0 atom stereocenters. The van der Waals surface area contributed by atoms with E-state index in [1.165, 1.54) is 0 Å². The maximum atomic E-state index is 5.68. The predicted octanol–water partition coefficient (Wildman–Crippen LogP) is 2.96. The highest BCUT2D eigenvalue weighted by Gasteiger charge is 1.96. The highest BCUT2D eigenvalue weighted by molar-refractivity contribution is 6.22. The van der Waals surface area contributed by atoms with Gasteiger partial charge in [-0.05, 0) is 30.3 Å². The average Bonchev–Trinajstić information content (AvgIpc) is 2.31. The van der Waals surface area contributed by atoms with Gasteiger partial charge < -0.3 is 4.74 Å². The van der Waals surface area contributed by atoms with Gasteiger partial charge in [-0.2, -0.15) is 0 Å². The molecule has 0 unspecified atom stereocenters. The van der Waals surface area contributed by atoms with Gasteiger partial charge in [0.1, 0.15) is 21.7 Å². The van der Waals surface area contributed by atoms with Crippen molar-refractivity contribution in [2.45, 2.75) is 0 Å². The lowest BCUT2D eigenvalue weighted by Gasteiger charge is -2.05. The van der Waals surface area contributed by atoms with Gasteiger partial charge in [0.05, 0.1) is 0 Å². The normalized spacial score (nSPS) is 9.06. The second kappa shape index (κ2) is 5.20. The Morgan fingerprint density at radius 1 is 0.875 bits per heavy atom. The number of rotatable bonds is 2. The molecule has 2 heteroatoms. The maximum absolute atomic E-state index is 5.68. The van der Waals surface area contributed by atoms with Crippen LogP contribution in [0.25, 0.3) is 0 Å². The van der Waals surface area contributed by atoms with Crippen molar-refractivity contribution in [3.63, 3.8) is 0 Å². The lowest BCUT2D eigenvalue weighted by Crippen LogP contribution is -1.84. The molecule has 16 heavy (non-hydrogen) atoms. The van der Waals surface area contributed by atoms with Gasteiger partial charge >= 0.3 is 0 Å². The first-order chi connectivity index (χ1) is 7.88. The average molecular weight is 221 g/mol. The van der Waals surface area contributed by atoms with Gasteiger partial charge in [-0.1, -0.05) is 30.2 Å². The highest BCUT2D eigenvalue weighted by Crippen LogP contribution is 2.21. The summed E-state index contributed by atoms with van der Waals surface area (Å²) in [6.07, 6.45) is 0. The third-order valence-corrected chi connectivity index (χ3v) is 2.14. The van der Waals surface area contributed by atoms with Crippen LogP contribution in [0.1, 0.15) is 5.56 Å². The Bertz CT molecular complexity index is 523. The lowest BCUT2D eigenvalue weighted by atomic mass is 10.2. The Labute approximate surface area is 98.5 Å². The largest absolute Gasteiger partial charge is 0.457 e. The van der Waals surface area contributed by atoms with Crippen LogP contribution < -0.4 is 4.74 Å². The van der Waals surface area contributed by atoms with Gasteiger partial charge in [0.15, 0.2) is 0 Å². The van der Waals surface area contributed by atoms with E-state index in [4.69, 9.17) is 4.74 Å². The quantitative estimate of drug-likeness (QED) is 0.559. The first-order valence-corrected chi connectivity index (χ1v) is 5.39. The van der Waals surface area contributed by atoms with Crippen molar-refractivity contribution in [3.05, 3.63) is 60.2 Å². The summed E-state index contributed by atoms with van der Waals surface area (Å²) in [6, 6.07) is 17.3. The van der Waals surface area contributed by atoms with E-state index >= 15 is 0 Å². The first kappa shape index (κ1) is 10.5. The summed E-state index contributed by atoms with van der Waals surface area (Å²) in [6.45, 7) is 0. The molecule has 0 aliphatic heterocycles. The molecule has 0 amide bonds. The summed E-state index contributed by atoms with van der Waals surface area (Å²) in [7, 11) is 3.12. The Balaban J connectivity index is 2.21. The molecule has 0 N–H and O–H groups in total. The number of benzene rings is 2. The van der Waals surface area contributed by atoms with Crippen molar-refractivity contribution in [3.8, 4) is 23.0 Å². The minimum Gasteiger partial charge on any atom is -0.457 e. The summed E-state index contributed by atoms with van der Waals surface area (Å²) < 4.78 is 5.68. The zero-order valence-corrected chi connectivity index (χ0v) is 9.60. The third kappa shape index (κ3) is 2.75. The molecule has 0 bridgehead atoms. The second-order valence-corrected chi connectivity index (χ2v) is 3.44. The molecule has 0 aliphatic carbocycles. The molecule has 0 saturated heterocycles. The van der Waals surface area contributed by atoms with Crippen molar-refractivity contribution in [1.29, 1.82) is 0 Å². The van der Waals surface area contributed by atoms with Crippen LogP contribution in [-0.2, 0) is 0 Å². The van der Waals surface area contributed by atoms with Crippen LogP contribution in [0.3, 0.4) is 0 Å². The lowest BCUT2D eigenvalue weighted by molar-refractivity contribution is 0.482. The Morgan fingerprint density at radius 2 is 1.62 bits per heavy atom.